The molecule has 6 heteroatoms. The van der Waals surface area contributed by atoms with Crippen molar-refractivity contribution >= 4 is 11.7 Å². The number of methoxy groups -OCH3 is 1. The number of hydrogen-bond donors (Lipinski definition) is 2. The summed E-state index contributed by atoms with van der Waals surface area (Å²) in [6.07, 6.45) is -0.400. The van der Waals surface area contributed by atoms with Gasteiger partial charge in [-0.15, -0.1) is 0 Å². The number of hydrogen-bond acceptors (Lipinski definition) is 4. The third kappa shape index (κ3) is 3.61. The van der Waals surface area contributed by atoms with Gasteiger partial charge in [0.05, 0.1) is 32.5 Å². The highest BCUT2D eigenvalue weighted by Gasteiger charge is 2.27. The van der Waals surface area contributed by atoms with Crippen molar-refractivity contribution in [2.24, 2.45) is 0 Å². The summed E-state index contributed by atoms with van der Waals surface area (Å²) in [6.45, 7) is 2.70. The van der Waals surface area contributed by atoms with Crippen LogP contribution in [0, 0.1) is 0 Å². The van der Waals surface area contributed by atoms with Crippen LogP contribution >= 0.6 is 0 Å². The summed E-state index contributed by atoms with van der Waals surface area (Å²) >= 11 is 0. The first-order valence-corrected chi connectivity index (χ1v) is 6.58. The van der Waals surface area contributed by atoms with Crippen molar-refractivity contribution in [2.75, 3.05) is 32.1 Å². The van der Waals surface area contributed by atoms with E-state index in [1.807, 2.05) is 6.92 Å². The molecule has 1 saturated heterocycles. The van der Waals surface area contributed by atoms with Crippen molar-refractivity contribution < 1.29 is 19.4 Å². The molecule has 1 aliphatic heterocycles. The normalized spacial score (nSPS) is 22.4. The number of nitrogens with one attached hydrogen (secondary N) is 1. The van der Waals surface area contributed by atoms with Crippen LogP contribution in [-0.2, 0) is 4.74 Å². The van der Waals surface area contributed by atoms with Gasteiger partial charge in [0, 0.05) is 12.2 Å². The van der Waals surface area contributed by atoms with Gasteiger partial charge in [-0.1, -0.05) is 0 Å². The van der Waals surface area contributed by atoms with Crippen LogP contribution in [0.3, 0.4) is 0 Å². The lowest BCUT2D eigenvalue weighted by atomic mass is 10.2. The monoisotopic (exact) mass is 280 g/mol. The van der Waals surface area contributed by atoms with Crippen LogP contribution < -0.4 is 10.1 Å². The molecule has 2 unspecified atom stereocenters. The van der Waals surface area contributed by atoms with Crippen molar-refractivity contribution in [3.63, 3.8) is 0 Å². The van der Waals surface area contributed by atoms with Crippen molar-refractivity contribution in [3.8, 4) is 5.75 Å². The van der Waals surface area contributed by atoms with Crippen molar-refractivity contribution in [1.29, 1.82) is 0 Å². The van der Waals surface area contributed by atoms with Gasteiger partial charge in [0.1, 0.15) is 5.75 Å². The zero-order valence-electron chi connectivity index (χ0n) is 11.7. The van der Waals surface area contributed by atoms with Gasteiger partial charge in [0.25, 0.3) is 0 Å². The van der Waals surface area contributed by atoms with Crippen LogP contribution in [0.15, 0.2) is 24.3 Å². The highest BCUT2D eigenvalue weighted by atomic mass is 16.5. The number of rotatable bonds is 3. The van der Waals surface area contributed by atoms with E-state index in [4.69, 9.17) is 14.6 Å². The maximum absolute atomic E-state index is 12.2. The number of ether oxygens (including phenoxy) is 2. The Morgan fingerprint density at radius 1 is 1.45 bits per heavy atom. The number of carbonyl (C=O) groups excluding carboxylic acids is 1. The number of benzene rings is 1. The van der Waals surface area contributed by atoms with Crippen molar-refractivity contribution in [3.05, 3.63) is 24.3 Å². The highest BCUT2D eigenvalue weighted by molar-refractivity contribution is 5.89. The van der Waals surface area contributed by atoms with E-state index >= 15 is 0 Å². The Kier molecular flexibility index (Phi) is 4.81. The van der Waals surface area contributed by atoms with E-state index in [1.54, 1.807) is 36.3 Å². The minimum absolute atomic E-state index is 0.0810. The second kappa shape index (κ2) is 6.58. The second-order valence-corrected chi connectivity index (χ2v) is 4.81. The zero-order valence-corrected chi connectivity index (χ0v) is 11.7. The third-order valence-electron chi connectivity index (χ3n) is 3.16. The van der Waals surface area contributed by atoms with Gasteiger partial charge in [-0.05, 0) is 31.2 Å². The number of anilines is 1. The maximum Gasteiger partial charge on any atom is 0.322 e. The third-order valence-corrected chi connectivity index (χ3v) is 3.16. The van der Waals surface area contributed by atoms with Gasteiger partial charge in [0.2, 0.25) is 0 Å². The second-order valence-electron chi connectivity index (χ2n) is 4.81. The van der Waals surface area contributed by atoms with E-state index in [0.29, 0.717) is 18.8 Å². The molecule has 2 rings (SSSR count). The van der Waals surface area contributed by atoms with Gasteiger partial charge in [0.15, 0.2) is 0 Å². The Balaban J connectivity index is 1.96. The SMILES string of the molecule is COc1ccc(NC(=O)N2CC(C)OC(CO)C2)cc1. The average Bonchev–Trinajstić information content (AvgIpc) is 2.47. The average molecular weight is 280 g/mol. The summed E-state index contributed by atoms with van der Waals surface area (Å²) in [5, 5.41) is 12.0. The van der Waals surface area contributed by atoms with Crippen LogP contribution in [0.25, 0.3) is 0 Å². The van der Waals surface area contributed by atoms with E-state index < -0.39 is 0 Å². The summed E-state index contributed by atoms with van der Waals surface area (Å²) < 4.78 is 10.6. The Morgan fingerprint density at radius 3 is 2.75 bits per heavy atom. The first-order valence-electron chi connectivity index (χ1n) is 6.58. The molecule has 0 aromatic heterocycles. The van der Waals surface area contributed by atoms with Crippen LogP contribution in [0.1, 0.15) is 6.92 Å². The Hall–Kier alpha value is -1.79. The van der Waals surface area contributed by atoms with Crippen molar-refractivity contribution in [1.82, 2.24) is 4.90 Å². The lowest BCUT2D eigenvalue weighted by Gasteiger charge is -2.35. The lowest BCUT2D eigenvalue weighted by molar-refractivity contribution is -0.0822. The van der Waals surface area contributed by atoms with Crippen LogP contribution in [-0.4, -0.2) is 55.1 Å². The Morgan fingerprint density at radius 2 is 2.15 bits per heavy atom. The molecule has 20 heavy (non-hydrogen) atoms. The molecular formula is C14H20N2O4. The summed E-state index contributed by atoms with van der Waals surface area (Å²) in [4.78, 5) is 13.8. The fourth-order valence-electron chi connectivity index (χ4n) is 2.19. The van der Waals surface area contributed by atoms with E-state index in [1.165, 1.54) is 0 Å². The molecule has 6 nitrogen and oxygen atoms in total. The van der Waals surface area contributed by atoms with Crippen LogP contribution in [0.2, 0.25) is 0 Å². The van der Waals surface area contributed by atoms with Crippen molar-refractivity contribution in [2.45, 2.75) is 19.1 Å². The number of amides is 2. The smallest absolute Gasteiger partial charge is 0.322 e. The fraction of sp³-hybridized carbons (Fsp3) is 0.500. The number of aliphatic hydroxyl groups is 1. The van der Waals surface area contributed by atoms with Gasteiger partial charge in [-0.2, -0.15) is 0 Å². The molecule has 0 radical (unpaired) electrons. The molecule has 110 valence electrons. The van der Waals surface area contributed by atoms with Crippen LogP contribution in [0.5, 0.6) is 5.75 Å². The number of aliphatic hydroxyl groups excluding tert-OH is 1. The fourth-order valence-corrected chi connectivity index (χ4v) is 2.19. The molecule has 2 N–H and O–H groups in total. The lowest BCUT2D eigenvalue weighted by Crippen LogP contribution is -2.51. The molecule has 1 fully saturated rings. The molecule has 0 saturated carbocycles. The van der Waals surface area contributed by atoms with E-state index in [2.05, 4.69) is 5.32 Å². The maximum atomic E-state index is 12.2. The minimum Gasteiger partial charge on any atom is -0.497 e. The summed E-state index contributed by atoms with van der Waals surface area (Å²) in [5.41, 5.74) is 0.704. The molecule has 1 aromatic carbocycles. The Labute approximate surface area is 118 Å². The topological polar surface area (TPSA) is 71.0 Å². The summed E-state index contributed by atoms with van der Waals surface area (Å²) in [6, 6.07) is 6.94. The predicted molar refractivity (Wildman–Crippen MR) is 75.0 cm³/mol. The number of carbonyl (C=O) groups is 1. The molecule has 2 amide bonds. The first-order chi connectivity index (χ1) is 9.62. The first kappa shape index (κ1) is 14.6. The largest absolute Gasteiger partial charge is 0.497 e. The number of morpholine rings is 1. The molecule has 1 aromatic rings. The molecule has 2 atom stereocenters. The number of urea groups is 1. The minimum atomic E-state index is -0.319. The van der Waals surface area contributed by atoms with E-state index in [-0.39, 0.29) is 24.8 Å². The molecule has 0 aliphatic carbocycles. The molecular weight excluding hydrogens is 260 g/mol. The quantitative estimate of drug-likeness (QED) is 0.875. The van der Waals surface area contributed by atoms with E-state index in [0.717, 1.165) is 5.75 Å². The van der Waals surface area contributed by atoms with Crippen LogP contribution in [0.4, 0.5) is 10.5 Å². The van der Waals surface area contributed by atoms with E-state index in [9.17, 15) is 4.79 Å². The van der Waals surface area contributed by atoms with Gasteiger partial charge >= 0.3 is 6.03 Å². The molecule has 0 spiro atoms. The zero-order chi connectivity index (χ0) is 14.5. The Bertz CT molecular complexity index is 449. The predicted octanol–water partition coefficient (Wildman–Crippen LogP) is 1.31. The standard InChI is InChI=1S/C14H20N2O4/c1-10-7-16(8-13(9-17)20-10)14(18)15-11-3-5-12(19-2)6-4-11/h3-6,10,13,17H,7-9H2,1-2H3,(H,15,18). The van der Waals surface area contributed by atoms with Gasteiger partial charge < -0.3 is 24.8 Å². The molecule has 1 aliphatic rings. The number of nitrogens with zero attached hydrogens (tertiary/aromatic N) is 1. The molecule has 0 bridgehead atoms. The van der Waals surface area contributed by atoms with Gasteiger partial charge in [-0.25, -0.2) is 4.79 Å². The highest BCUT2D eigenvalue weighted by Crippen LogP contribution is 2.17. The molecule has 1 heterocycles. The van der Waals surface area contributed by atoms with Gasteiger partial charge in [-0.3, -0.25) is 0 Å². The summed E-state index contributed by atoms with van der Waals surface area (Å²) in [5.74, 6) is 0.739. The summed E-state index contributed by atoms with van der Waals surface area (Å²) in [7, 11) is 1.59.